The molecule has 4 rings (SSSR count). The number of non-ortho nitro benzene ring substituents is 1. The molecule has 0 aliphatic rings. The second-order valence-corrected chi connectivity index (χ2v) is 9.25. The number of ether oxygens (including phenoxy) is 2. The van der Waals surface area contributed by atoms with Crippen molar-refractivity contribution in [3.05, 3.63) is 128 Å². The molecule has 2 N–H and O–H groups in total. The molecule has 4 aromatic carbocycles. The number of anilines is 1. The summed E-state index contributed by atoms with van der Waals surface area (Å²) in [5.74, 6) is -1.54. The average molecular weight is 587 g/mol. The normalized spacial score (nSPS) is 10.6. The van der Waals surface area contributed by atoms with Crippen LogP contribution < -0.4 is 20.2 Å². The molecule has 0 atom stereocenters. The lowest BCUT2D eigenvalue weighted by Crippen LogP contribution is -2.18. The van der Waals surface area contributed by atoms with E-state index in [1.54, 1.807) is 36.4 Å². The van der Waals surface area contributed by atoms with Crippen molar-refractivity contribution >= 4 is 47.0 Å². The van der Waals surface area contributed by atoms with Crippen molar-refractivity contribution in [2.75, 3.05) is 12.4 Å². The van der Waals surface area contributed by atoms with Gasteiger partial charge in [0, 0.05) is 39.5 Å². The van der Waals surface area contributed by atoms with E-state index in [-0.39, 0.29) is 44.8 Å². The lowest BCUT2D eigenvalue weighted by molar-refractivity contribution is -0.384. The van der Waals surface area contributed by atoms with Crippen LogP contribution in [0.5, 0.6) is 11.5 Å². The lowest BCUT2D eigenvalue weighted by atomic mass is 10.1. The minimum atomic E-state index is -0.823. The number of halogens is 1. The van der Waals surface area contributed by atoms with Crippen LogP contribution in [0.1, 0.15) is 42.2 Å². The van der Waals surface area contributed by atoms with Gasteiger partial charge in [0.05, 0.1) is 18.2 Å². The Labute approximate surface area is 244 Å². The molecule has 0 aliphatic carbocycles. The van der Waals surface area contributed by atoms with E-state index < -0.39 is 16.8 Å². The van der Waals surface area contributed by atoms with Gasteiger partial charge in [0.1, 0.15) is 17.1 Å². The molecule has 0 fully saturated rings. The quantitative estimate of drug-likeness (QED) is 0.0827. The second kappa shape index (κ2) is 13.2. The van der Waals surface area contributed by atoms with Gasteiger partial charge >= 0.3 is 5.97 Å². The van der Waals surface area contributed by atoms with Gasteiger partial charge in [-0.15, -0.1) is 0 Å². The largest absolute Gasteiger partial charge is 0.496 e. The predicted octanol–water partition coefficient (Wildman–Crippen LogP) is 5.80. The summed E-state index contributed by atoms with van der Waals surface area (Å²) in [6.07, 6.45) is 1.11. The number of nitrogens with zero attached hydrogens (tertiary/aromatic N) is 2. The van der Waals surface area contributed by atoms with E-state index in [2.05, 4.69) is 15.8 Å². The number of hydrogen-bond donors (Lipinski definition) is 2. The molecule has 0 saturated heterocycles. The highest BCUT2D eigenvalue weighted by atomic mass is 35.5. The third-order valence-corrected chi connectivity index (χ3v) is 6.08. The van der Waals surface area contributed by atoms with Crippen LogP contribution >= 0.6 is 11.6 Å². The smallest absolute Gasteiger partial charge is 0.347 e. The van der Waals surface area contributed by atoms with Crippen LogP contribution in [0.2, 0.25) is 5.02 Å². The zero-order chi connectivity index (χ0) is 30.2. The second-order valence-electron chi connectivity index (χ2n) is 8.81. The minimum absolute atomic E-state index is 0.0399. The number of rotatable bonds is 9. The van der Waals surface area contributed by atoms with Crippen LogP contribution in [0.25, 0.3) is 0 Å². The van der Waals surface area contributed by atoms with Crippen molar-refractivity contribution < 1.29 is 28.8 Å². The number of benzene rings is 4. The molecule has 0 spiro atoms. The van der Waals surface area contributed by atoms with Gasteiger partial charge in [-0.25, -0.2) is 10.2 Å². The first-order valence-electron chi connectivity index (χ1n) is 12.3. The molecular weight excluding hydrogens is 564 g/mol. The van der Waals surface area contributed by atoms with Crippen LogP contribution in [0.4, 0.5) is 11.4 Å². The van der Waals surface area contributed by atoms with Crippen molar-refractivity contribution in [1.29, 1.82) is 0 Å². The van der Waals surface area contributed by atoms with E-state index in [1.165, 1.54) is 37.4 Å². The fraction of sp³-hybridized carbons (Fsp3) is 0.0667. The molecule has 42 heavy (non-hydrogen) atoms. The Bertz CT molecular complexity index is 1700. The zero-order valence-electron chi connectivity index (χ0n) is 22.3. The first kappa shape index (κ1) is 29.4. The Morgan fingerprint density at radius 1 is 0.905 bits per heavy atom. The van der Waals surface area contributed by atoms with Crippen LogP contribution in [0.3, 0.4) is 0 Å². The maximum atomic E-state index is 12.8. The SMILES string of the molecule is COc1ccc(Cl)cc1C(=O)Oc1ccc([N+](=O)[O-])cc1/C=N/NC(=O)c1ccc(NC(=O)c2cccc(C)c2)cc1. The monoisotopic (exact) mass is 586 g/mol. The molecule has 0 bridgehead atoms. The number of nitro benzene ring substituents is 1. The number of methoxy groups -OCH3 is 1. The van der Waals surface area contributed by atoms with E-state index >= 15 is 0 Å². The predicted molar refractivity (Wildman–Crippen MR) is 157 cm³/mol. The first-order valence-corrected chi connectivity index (χ1v) is 12.7. The molecule has 0 radical (unpaired) electrons. The maximum Gasteiger partial charge on any atom is 0.347 e. The van der Waals surface area contributed by atoms with Crippen LogP contribution in [0, 0.1) is 17.0 Å². The van der Waals surface area contributed by atoms with Gasteiger partial charge in [-0.3, -0.25) is 19.7 Å². The Morgan fingerprint density at radius 3 is 2.33 bits per heavy atom. The number of carbonyl (C=O) groups excluding carboxylic acids is 3. The molecule has 11 nitrogen and oxygen atoms in total. The summed E-state index contributed by atoms with van der Waals surface area (Å²) in [5, 5.41) is 18.2. The van der Waals surface area contributed by atoms with Crippen LogP contribution in [-0.2, 0) is 0 Å². The van der Waals surface area contributed by atoms with Gasteiger partial charge in [-0.05, 0) is 67.6 Å². The molecule has 4 aromatic rings. The van der Waals surface area contributed by atoms with Gasteiger partial charge < -0.3 is 14.8 Å². The molecule has 0 heterocycles. The Hall–Kier alpha value is -5.55. The van der Waals surface area contributed by atoms with Gasteiger partial charge in [0.15, 0.2) is 0 Å². The summed E-state index contributed by atoms with van der Waals surface area (Å²) in [7, 11) is 1.38. The molecule has 0 saturated carbocycles. The Kier molecular flexibility index (Phi) is 9.25. The highest BCUT2D eigenvalue weighted by Gasteiger charge is 2.19. The fourth-order valence-corrected chi connectivity index (χ4v) is 3.93. The summed E-state index contributed by atoms with van der Waals surface area (Å²) in [4.78, 5) is 48.6. The topological polar surface area (TPSA) is 149 Å². The highest BCUT2D eigenvalue weighted by Crippen LogP contribution is 2.27. The fourth-order valence-electron chi connectivity index (χ4n) is 3.76. The van der Waals surface area contributed by atoms with E-state index in [1.807, 2.05) is 13.0 Å². The number of carbonyl (C=O) groups is 3. The number of amides is 2. The van der Waals surface area contributed by atoms with Gasteiger partial charge in [-0.1, -0.05) is 29.3 Å². The summed E-state index contributed by atoms with van der Waals surface area (Å²) >= 11 is 6.00. The molecule has 212 valence electrons. The number of aryl methyl sites for hydroxylation is 1. The third-order valence-electron chi connectivity index (χ3n) is 5.84. The van der Waals surface area contributed by atoms with Crippen molar-refractivity contribution in [2.24, 2.45) is 5.10 Å². The molecule has 2 amide bonds. The van der Waals surface area contributed by atoms with Crippen molar-refractivity contribution in [3.63, 3.8) is 0 Å². The van der Waals surface area contributed by atoms with E-state index in [0.717, 1.165) is 23.9 Å². The summed E-state index contributed by atoms with van der Waals surface area (Å²) in [6, 6.07) is 21.2. The molecular formula is C30H23ClN4O7. The van der Waals surface area contributed by atoms with Crippen molar-refractivity contribution in [3.8, 4) is 11.5 Å². The number of nitro groups is 1. The summed E-state index contributed by atoms with van der Waals surface area (Å²) in [6.45, 7) is 1.89. The van der Waals surface area contributed by atoms with E-state index in [4.69, 9.17) is 21.1 Å². The lowest BCUT2D eigenvalue weighted by Gasteiger charge is -2.10. The third kappa shape index (κ3) is 7.34. The van der Waals surface area contributed by atoms with Gasteiger partial charge in [-0.2, -0.15) is 5.10 Å². The molecule has 0 aliphatic heterocycles. The van der Waals surface area contributed by atoms with Crippen LogP contribution in [-0.4, -0.2) is 36.0 Å². The molecule has 0 unspecified atom stereocenters. The van der Waals surface area contributed by atoms with Crippen molar-refractivity contribution in [2.45, 2.75) is 6.92 Å². The molecule has 12 heteroatoms. The first-order chi connectivity index (χ1) is 20.1. The summed E-state index contributed by atoms with van der Waals surface area (Å²) in [5.41, 5.74) is 4.30. The highest BCUT2D eigenvalue weighted by molar-refractivity contribution is 6.31. The number of nitrogens with one attached hydrogen (secondary N) is 2. The number of hydrazone groups is 1. The Balaban J connectivity index is 1.46. The minimum Gasteiger partial charge on any atom is -0.496 e. The van der Waals surface area contributed by atoms with E-state index in [9.17, 15) is 24.5 Å². The number of esters is 1. The van der Waals surface area contributed by atoms with Gasteiger partial charge in [0.25, 0.3) is 17.5 Å². The van der Waals surface area contributed by atoms with E-state index in [0.29, 0.717) is 11.3 Å². The van der Waals surface area contributed by atoms with Gasteiger partial charge in [0.2, 0.25) is 0 Å². The number of hydrogen-bond acceptors (Lipinski definition) is 8. The molecule has 0 aromatic heterocycles. The zero-order valence-corrected chi connectivity index (χ0v) is 23.0. The maximum absolute atomic E-state index is 12.8. The Morgan fingerprint density at radius 2 is 1.64 bits per heavy atom. The van der Waals surface area contributed by atoms with Crippen molar-refractivity contribution in [1.82, 2.24) is 5.43 Å². The standard InChI is InChI=1S/C30H23ClN4O7/c1-18-4-3-5-20(14-18)28(36)33-23-9-6-19(7-10-23)29(37)34-32-17-21-15-24(35(39)40)11-13-26(21)42-30(38)25-16-22(31)8-12-27(25)41-2/h3-17H,1-2H3,(H,33,36)(H,34,37)/b32-17+. The van der Waals surface area contributed by atoms with Crippen LogP contribution in [0.15, 0.2) is 90.0 Å². The summed E-state index contributed by atoms with van der Waals surface area (Å²) < 4.78 is 10.6. The average Bonchev–Trinajstić information content (AvgIpc) is 2.98.